The third-order valence-corrected chi connectivity index (χ3v) is 5.05. The molecule has 0 unspecified atom stereocenters. The SMILES string of the molecule is C=CC(=O)N(CC(=O)N[C@@H](Cc1ccsc1)B(O)O)c1ccc(C(=O)N(C)C)cc1. The van der Waals surface area contributed by atoms with Crippen LogP contribution in [0.2, 0.25) is 0 Å². The molecule has 0 aliphatic heterocycles. The molecule has 1 aromatic heterocycles. The maximum absolute atomic E-state index is 12.5. The van der Waals surface area contributed by atoms with Crippen LogP contribution in [-0.4, -0.2) is 66.4 Å². The van der Waals surface area contributed by atoms with E-state index in [4.69, 9.17) is 0 Å². The van der Waals surface area contributed by atoms with Gasteiger partial charge >= 0.3 is 7.12 Å². The fourth-order valence-electron chi connectivity index (χ4n) is 2.74. The summed E-state index contributed by atoms with van der Waals surface area (Å²) in [4.78, 5) is 39.5. The largest absolute Gasteiger partial charge is 0.475 e. The molecule has 1 atom stereocenters. The fourth-order valence-corrected chi connectivity index (χ4v) is 3.42. The lowest BCUT2D eigenvalue weighted by atomic mass is 9.76. The van der Waals surface area contributed by atoms with Gasteiger partial charge < -0.3 is 20.3 Å². The van der Waals surface area contributed by atoms with Gasteiger partial charge in [-0.1, -0.05) is 6.58 Å². The number of amides is 3. The molecule has 0 aliphatic carbocycles. The lowest BCUT2D eigenvalue weighted by molar-refractivity contribution is -0.122. The van der Waals surface area contributed by atoms with Crippen LogP contribution in [-0.2, 0) is 16.0 Å². The Morgan fingerprint density at radius 1 is 1.20 bits per heavy atom. The number of nitrogens with zero attached hydrogens (tertiary/aromatic N) is 2. The van der Waals surface area contributed by atoms with Crippen molar-refractivity contribution in [2.24, 2.45) is 0 Å². The van der Waals surface area contributed by atoms with Crippen molar-refractivity contribution in [3.63, 3.8) is 0 Å². The normalized spacial score (nSPS) is 11.3. The minimum Gasteiger partial charge on any atom is -0.426 e. The van der Waals surface area contributed by atoms with Crippen LogP contribution in [0.5, 0.6) is 0 Å². The van der Waals surface area contributed by atoms with Crippen molar-refractivity contribution in [3.05, 3.63) is 64.9 Å². The zero-order valence-electron chi connectivity index (χ0n) is 16.8. The molecule has 2 aromatic rings. The van der Waals surface area contributed by atoms with E-state index in [0.717, 1.165) is 11.6 Å². The van der Waals surface area contributed by atoms with Gasteiger partial charge in [-0.2, -0.15) is 11.3 Å². The third kappa shape index (κ3) is 6.28. The molecule has 3 amide bonds. The van der Waals surface area contributed by atoms with Crippen LogP contribution in [0.3, 0.4) is 0 Å². The molecule has 0 saturated carbocycles. The van der Waals surface area contributed by atoms with Gasteiger partial charge in [-0.05, 0) is 59.2 Å². The predicted molar refractivity (Wildman–Crippen MR) is 117 cm³/mol. The summed E-state index contributed by atoms with van der Waals surface area (Å²) in [5.74, 6) is -2.18. The van der Waals surface area contributed by atoms with Crippen LogP contribution in [0.4, 0.5) is 5.69 Å². The Labute approximate surface area is 179 Å². The lowest BCUT2D eigenvalue weighted by Crippen LogP contribution is -2.51. The minimum atomic E-state index is -1.76. The van der Waals surface area contributed by atoms with E-state index < -0.39 is 24.9 Å². The van der Waals surface area contributed by atoms with Crippen molar-refractivity contribution in [1.29, 1.82) is 0 Å². The molecule has 0 aliphatic rings. The Hall–Kier alpha value is -2.95. The summed E-state index contributed by atoms with van der Waals surface area (Å²) in [5, 5.41) is 25.5. The Morgan fingerprint density at radius 3 is 2.37 bits per heavy atom. The van der Waals surface area contributed by atoms with E-state index in [2.05, 4.69) is 11.9 Å². The molecule has 0 saturated heterocycles. The average molecular weight is 429 g/mol. The highest BCUT2D eigenvalue weighted by Gasteiger charge is 2.27. The summed E-state index contributed by atoms with van der Waals surface area (Å²) in [6.07, 6.45) is 1.32. The molecule has 2 rings (SSSR count). The van der Waals surface area contributed by atoms with Crippen molar-refractivity contribution in [1.82, 2.24) is 10.2 Å². The standard InChI is InChI=1S/C20H24BN3O5S/c1-4-19(26)24(16-7-5-15(6-8-16)20(27)23(2)3)12-18(25)22-17(21(28)29)11-14-9-10-30-13-14/h4-10,13,17,28-29H,1,11-12H2,2-3H3,(H,22,25)/t17-/m0/s1. The molecule has 1 heterocycles. The van der Waals surface area contributed by atoms with E-state index in [1.165, 1.54) is 21.1 Å². The lowest BCUT2D eigenvalue weighted by Gasteiger charge is -2.23. The Kier molecular flexibility index (Phi) is 8.34. The number of hydrogen-bond acceptors (Lipinski definition) is 6. The number of hydrogen-bond donors (Lipinski definition) is 3. The highest BCUT2D eigenvalue weighted by molar-refractivity contribution is 7.07. The van der Waals surface area contributed by atoms with E-state index in [0.29, 0.717) is 11.3 Å². The first-order chi connectivity index (χ1) is 14.2. The van der Waals surface area contributed by atoms with Crippen molar-refractivity contribution >= 4 is 41.9 Å². The van der Waals surface area contributed by atoms with Gasteiger partial charge in [-0.3, -0.25) is 19.3 Å². The molecule has 0 bridgehead atoms. The Morgan fingerprint density at radius 2 is 1.87 bits per heavy atom. The molecule has 30 heavy (non-hydrogen) atoms. The molecule has 1 aromatic carbocycles. The number of carbonyl (C=O) groups excluding carboxylic acids is 3. The van der Waals surface area contributed by atoms with Gasteiger partial charge in [0.2, 0.25) is 5.91 Å². The number of thiophene rings is 1. The summed E-state index contributed by atoms with van der Waals surface area (Å²) in [5.41, 5.74) is 1.71. The molecule has 0 fully saturated rings. The molecule has 3 N–H and O–H groups in total. The first-order valence-electron chi connectivity index (χ1n) is 9.15. The number of carbonyl (C=O) groups is 3. The summed E-state index contributed by atoms with van der Waals surface area (Å²) in [7, 11) is 1.51. The Bertz CT molecular complexity index is 884. The second-order valence-corrected chi connectivity index (χ2v) is 7.58. The molecule has 8 nitrogen and oxygen atoms in total. The first-order valence-corrected chi connectivity index (χ1v) is 10.1. The molecular formula is C20H24BN3O5S. The van der Waals surface area contributed by atoms with Gasteiger partial charge in [0, 0.05) is 25.3 Å². The van der Waals surface area contributed by atoms with Gasteiger partial charge in [-0.25, -0.2) is 0 Å². The monoisotopic (exact) mass is 429 g/mol. The zero-order chi connectivity index (χ0) is 22.3. The number of nitrogens with one attached hydrogen (secondary N) is 1. The van der Waals surface area contributed by atoms with Crippen LogP contribution in [0.1, 0.15) is 15.9 Å². The van der Waals surface area contributed by atoms with Crippen molar-refractivity contribution in [2.75, 3.05) is 25.5 Å². The summed E-state index contributed by atoms with van der Waals surface area (Å²) < 4.78 is 0. The van der Waals surface area contributed by atoms with E-state index in [1.54, 1.807) is 38.4 Å². The zero-order valence-corrected chi connectivity index (χ0v) is 17.6. The summed E-state index contributed by atoms with van der Waals surface area (Å²) in [6, 6.07) is 8.09. The van der Waals surface area contributed by atoms with Crippen LogP contribution in [0, 0.1) is 0 Å². The van der Waals surface area contributed by atoms with Crippen LogP contribution in [0.15, 0.2) is 53.7 Å². The third-order valence-electron chi connectivity index (χ3n) is 4.32. The number of benzene rings is 1. The van der Waals surface area contributed by atoms with Crippen molar-refractivity contribution in [3.8, 4) is 0 Å². The quantitative estimate of drug-likeness (QED) is 0.402. The van der Waals surface area contributed by atoms with Gasteiger partial charge in [0.1, 0.15) is 6.54 Å². The Balaban J connectivity index is 2.13. The highest BCUT2D eigenvalue weighted by atomic mass is 32.1. The van der Waals surface area contributed by atoms with Crippen LogP contribution in [0.25, 0.3) is 0 Å². The molecule has 10 heteroatoms. The smallest absolute Gasteiger partial charge is 0.426 e. The van der Waals surface area contributed by atoms with E-state index in [9.17, 15) is 24.4 Å². The van der Waals surface area contributed by atoms with Crippen molar-refractivity contribution in [2.45, 2.75) is 12.4 Å². The van der Waals surface area contributed by atoms with Gasteiger partial charge in [0.05, 0.1) is 5.94 Å². The van der Waals surface area contributed by atoms with Crippen LogP contribution < -0.4 is 10.2 Å². The van der Waals surface area contributed by atoms with Crippen LogP contribution >= 0.6 is 11.3 Å². The molecule has 158 valence electrons. The van der Waals surface area contributed by atoms with E-state index in [1.807, 2.05) is 16.8 Å². The molecule has 0 radical (unpaired) electrons. The predicted octanol–water partition coefficient (Wildman–Crippen LogP) is 0.708. The minimum absolute atomic E-state index is 0.186. The molecular weight excluding hydrogens is 405 g/mol. The van der Waals surface area contributed by atoms with Gasteiger partial charge in [0.15, 0.2) is 0 Å². The maximum atomic E-state index is 12.5. The summed E-state index contributed by atoms with van der Waals surface area (Å²) >= 11 is 1.46. The molecule has 0 spiro atoms. The first kappa shape index (κ1) is 23.3. The second kappa shape index (κ2) is 10.7. The second-order valence-electron chi connectivity index (χ2n) is 6.80. The maximum Gasteiger partial charge on any atom is 0.475 e. The number of anilines is 1. The average Bonchev–Trinajstić information content (AvgIpc) is 3.23. The highest BCUT2D eigenvalue weighted by Crippen LogP contribution is 2.17. The topological polar surface area (TPSA) is 110 Å². The fraction of sp³-hybridized carbons (Fsp3) is 0.250. The van der Waals surface area contributed by atoms with E-state index >= 15 is 0 Å². The van der Waals surface area contributed by atoms with Gasteiger partial charge in [-0.15, -0.1) is 0 Å². The van der Waals surface area contributed by atoms with E-state index in [-0.39, 0.29) is 18.9 Å². The van der Waals surface area contributed by atoms with Gasteiger partial charge in [0.25, 0.3) is 11.8 Å². The summed E-state index contributed by atoms with van der Waals surface area (Å²) in [6.45, 7) is 3.11. The van der Waals surface area contributed by atoms with Crippen molar-refractivity contribution < 1.29 is 24.4 Å². The number of rotatable bonds is 9.